The Morgan fingerprint density at radius 3 is 2.90 bits per heavy atom. The largest absolute Gasteiger partial charge is 0.482 e. The first-order valence-electron chi connectivity index (χ1n) is 9.54. The average Bonchev–Trinajstić information content (AvgIpc) is 3.19. The predicted octanol–water partition coefficient (Wildman–Crippen LogP) is 3.78. The number of hydrogen-bond donors (Lipinski definition) is 1. The van der Waals surface area contributed by atoms with Crippen LogP contribution in [0.2, 0.25) is 0 Å². The number of nitriles is 1. The highest BCUT2D eigenvalue weighted by atomic mass is 32.1. The van der Waals surface area contributed by atoms with Gasteiger partial charge >= 0.3 is 0 Å². The summed E-state index contributed by atoms with van der Waals surface area (Å²) >= 11 is 1.47. The Morgan fingerprint density at radius 1 is 1.35 bits per heavy atom. The standard InChI is InChI=1S/C23H19N5O2S/c1-3-10-25-23-28(27-15(2)17-6-4-16(12-24)5-7-17)20(14-31-23)18-8-9-21-19(11-18)26-22(29)13-30-21/h3-9,11,14H,1,10,13H2,2H3,(H,26,29). The molecule has 1 amide bonds. The zero-order valence-electron chi connectivity index (χ0n) is 16.8. The van der Waals surface area contributed by atoms with E-state index in [0.29, 0.717) is 23.5 Å². The van der Waals surface area contributed by atoms with Gasteiger partial charge in [0.2, 0.25) is 4.80 Å². The van der Waals surface area contributed by atoms with Crippen LogP contribution in [0.1, 0.15) is 18.1 Å². The molecule has 1 N–H and O–H groups in total. The number of aromatic nitrogens is 1. The predicted molar refractivity (Wildman–Crippen MR) is 121 cm³/mol. The summed E-state index contributed by atoms with van der Waals surface area (Å²) in [5.41, 5.74) is 4.62. The Kier molecular flexibility index (Phi) is 5.78. The van der Waals surface area contributed by atoms with Crippen LogP contribution in [-0.2, 0) is 4.79 Å². The van der Waals surface area contributed by atoms with Gasteiger partial charge in [-0.25, -0.2) is 4.68 Å². The third-order valence-electron chi connectivity index (χ3n) is 4.63. The summed E-state index contributed by atoms with van der Waals surface area (Å²) in [6.07, 6.45) is 1.73. The van der Waals surface area contributed by atoms with Crippen LogP contribution in [0, 0.1) is 11.3 Å². The monoisotopic (exact) mass is 429 g/mol. The maximum absolute atomic E-state index is 11.7. The molecule has 0 saturated heterocycles. The highest BCUT2D eigenvalue weighted by Gasteiger charge is 2.18. The lowest BCUT2D eigenvalue weighted by Gasteiger charge is -2.18. The Bertz CT molecular complexity index is 1290. The quantitative estimate of drug-likeness (QED) is 0.494. The molecule has 0 spiro atoms. The summed E-state index contributed by atoms with van der Waals surface area (Å²) in [6, 6.07) is 15.0. The Hall–Kier alpha value is -3.96. The van der Waals surface area contributed by atoms with Gasteiger partial charge in [-0.3, -0.25) is 9.79 Å². The number of anilines is 1. The van der Waals surface area contributed by atoms with Crippen molar-refractivity contribution in [3.05, 3.63) is 76.4 Å². The second-order valence-electron chi connectivity index (χ2n) is 6.77. The van der Waals surface area contributed by atoms with Gasteiger partial charge < -0.3 is 10.1 Å². The van der Waals surface area contributed by atoms with Crippen LogP contribution in [0.15, 0.2) is 70.6 Å². The third kappa shape index (κ3) is 4.32. The summed E-state index contributed by atoms with van der Waals surface area (Å²) in [5, 5.41) is 18.6. The van der Waals surface area contributed by atoms with Crippen LogP contribution in [-0.4, -0.2) is 29.4 Å². The lowest BCUT2D eigenvalue weighted by atomic mass is 10.1. The summed E-state index contributed by atoms with van der Waals surface area (Å²) in [7, 11) is 0. The van der Waals surface area contributed by atoms with Gasteiger partial charge in [0.1, 0.15) is 5.75 Å². The molecule has 0 saturated carbocycles. The van der Waals surface area contributed by atoms with E-state index < -0.39 is 0 Å². The van der Waals surface area contributed by atoms with Crippen molar-refractivity contribution in [3.8, 4) is 23.1 Å². The van der Waals surface area contributed by atoms with Crippen LogP contribution < -0.4 is 14.9 Å². The van der Waals surface area contributed by atoms with Crippen molar-refractivity contribution in [1.82, 2.24) is 4.68 Å². The molecule has 1 aliphatic rings. The van der Waals surface area contributed by atoms with E-state index in [9.17, 15) is 4.79 Å². The van der Waals surface area contributed by atoms with E-state index in [-0.39, 0.29) is 12.5 Å². The summed E-state index contributed by atoms with van der Waals surface area (Å²) in [5.74, 6) is 0.457. The van der Waals surface area contributed by atoms with Crippen molar-refractivity contribution in [2.24, 2.45) is 10.1 Å². The van der Waals surface area contributed by atoms with Crippen molar-refractivity contribution >= 4 is 28.6 Å². The number of benzene rings is 2. The fourth-order valence-electron chi connectivity index (χ4n) is 3.08. The Balaban J connectivity index is 1.80. The first-order chi connectivity index (χ1) is 15.1. The molecule has 2 aromatic carbocycles. The van der Waals surface area contributed by atoms with Gasteiger partial charge in [0.05, 0.1) is 35.3 Å². The van der Waals surface area contributed by atoms with Crippen LogP contribution in [0.3, 0.4) is 0 Å². The molecule has 1 aromatic heterocycles. The molecule has 0 atom stereocenters. The zero-order chi connectivity index (χ0) is 21.8. The lowest BCUT2D eigenvalue weighted by Crippen LogP contribution is -2.25. The number of ether oxygens (including phenoxy) is 1. The highest BCUT2D eigenvalue weighted by Crippen LogP contribution is 2.33. The molecule has 0 bridgehead atoms. The number of rotatable bonds is 5. The SMILES string of the molecule is C=CCN=c1scc(-c2ccc3c(c2)NC(=O)CO3)n1N=C(C)c1ccc(C#N)cc1. The summed E-state index contributed by atoms with van der Waals surface area (Å²) in [6.45, 7) is 6.14. The van der Waals surface area contributed by atoms with Gasteiger partial charge in [0.15, 0.2) is 6.61 Å². The second-order valence-corrected chi connectivity index (χ2v) is 7.60. The van der Waals surface area contributed by atoms with Gasteiger partial charge in [-0.2, -0.15) is 10.4 Å². The zero-order valence-corrected chi connectivity index (χ0v) is 17.6. The van der Waals surface area contributed by atoms with Gasteiger partial charge in [0.25, 0.3) is 5.91 Å². The van der Waals surface area contributed by atoms with Crippen molar-refractivity contribution < 1.29 is 9.53 Å². The number of nitrogens with zero attached hydrogens (tertiary/aromatic N) is 4. The summed E-state index contributed by atoms with van der Waals surface area (Å²) in [4.78, 5) is 17.0. The third-order valence-corrected chi connectivity index (χ3v) is 5.48. The van der Waals surface area contributed by atoms with Crippen LogP contribution >= 0.6 is 11.3 Å². The van der Waals surface area contributed by atoms with Crippen LogP contribution in [0.25, 0.3) is 11.3 Å². The minimum Gasteiger partial charge on any atom is -0.482 e. The van der Waals surface area contributed by atoms with E-state index >= 15 is 0 Å². The lowest BCUT2D eigenvalue weighted by molar-refractivity contribution is -0.118. The van der Waals surface area contributed by atoms with Crippen molar-refractivity contribution in [1.29, 1.82) is 5.26 Å². The van der Waals surface area contributed by atoms with Crippen molar-refractivity contribution in [3.63, 3.8) is 0 Å². The first-order valence-corrected chi connectivity index (χ1v) is 10.4. The second kappa shape index (κ2) is 8.81. The van der Waals surface area contributed by atoms with Gasteiger partial charge in [-0.1, -0.05) is 18.2 Å². The maximum atomic E-state index is 11.7. The molecular formula is C23H19N5O2S. The highest BCUT2D eigenvalue weighted by molar-refractivity contribution is 7.07. The maximum Gasteiger partial charge on any atom is 0.262 e. The Labute approximate surface area is 183 Å². The van der Waals surface area contributed by atoms with Gasteiger partial charge in [-0.05, 0) is 42.8 Å². The molecule has 0 unspecified atom stereocenters. The van der Waals surface area contributed by atoms with Gasteiger partial charge in [0, 0.05) is 10.9 Å². The van der Waals surface area contributed by atoms with E-state index in [0.717, 1.165) is 27.3 Å². The molecule has 3 aromatic rings. The molecule has 2 heterocycles. The molecule has 7 nitrogen and oxygen atoms in total. The molecule has 0 radical (unpaired) electrons. The van der Waals surface area contributed by atoms with E-state index in [4.69, 9.17) is 15.1 Å². The Morgan fingerprint density at radius 2 is 2.16 bits per heavy atom. The first kappa shape index (κ1) is 20.3. The van der Waals surface area contributed by atoms with Gasteiger partial charge in [-0.15, -0.1) is 17.9 Å². The molecule has 4 rings (SSSR count). The number of hydrogen-bond acceptors (Lipinski definition) is 6. The number of amides is 1. The van der Waals surface area contributed by atoms with Crippen LogP contribution in [0.4, 0.5) is 5.69 Å². The average molecular weight is 430 g/mol. The van der Waals surface area contributed by atoms with Crippen molar-refractivity contribution in [2.45, 2.75) is 6.92 Å². The number of nitrogens with one attached hydrogen (secondary N) is 1. The molecule has 31 heavy (non-hydrogen) atoms. The minimum absolute atomic E-state index is 0.0173. The molecule has 1 aliphatic heterocycles. The summed E-state index contributed by atoms with van der Waals surface area (Å²) < 4.78 is 7.25. The van der Waals surface area contributed by atoms with E-state index in [1.165, 1.54) is 11.3 Å². The number of thiazole rings is 1. The molecular weight excluding hydrogens is 410 g/mol. The molecule has 0 fully saturated rings. The fraction of sp³-hybridized carbons (Fsp3) is 0.130. The van der Waals surface area contributed by atoms with E-state index in [1.807, 2.05) is 42.6 Å². The van der Waals surface area contributed by atoms with Crippen LogP contribution in [0.5, 0.6) is 5.75 Å². The number of carbonyl (C=O) groups is 1. The topological polar surface area (TPSA) is 91.8 Å². The smallest absolute Gasteiger partial charge is 0.262 e. The molecule has 0 aliphatic carbocycles. The van der Waals surface area contributed by atoms with Crippen molar-refractivity contribution in [2.75, 3.05) is 18.5 Å². The molecule has 8 heteroatoms. The number of carbonyl (C=O) groups excluding carboxylic acids is 1. The minimum atomic E-state index is -0.181. The number of fused-ring (bicyclic) bond motifs is 1. The molecule has 154 valence electrons. The fourth-order valence-corrected chi connectivity index (χ4v) is 3.92. The van der Waals surface area contributed by atoms with E-state index in [1.54, 1.807) is 22.9 Å². The normalized spacial score (nSPS) is 13.7. The van der Waals surface area contributed by atoms with E-state index in [2.05, 4.69) is 23.0 Å².